The molecule has 2 aliphatic heterocycles. The summed E-state index contributed by atoms with van der Waals surface area (Å²) in [5.74, 6) is -0.751. The van der Waals surface area contributed by atoms with E-state index in [2.05, 4.69) is 25.2 Å². The number of ether oxygens (including phenoxy) is 1. The van der Waals surface area contributed by atoms with E-state index in [0.29, 0.717) is 68.9 Å². The number of nitrogens with zero attached hydrogens (tertiary/aromatic N) is 7. The van der Waals surface area contributed by atoms with Crippen LogP contribution < -0.4 is 5.32 Å². The molecule has 3 aromatic heterocycles. The Morgan fingerprint density at radius 2 is 1.75 bits per heavy atom. The molecule has 1 N–H and O–H groups in total. The number of fused-ring (bicyclic) bond motifs is 1. The van der Waals surface area contributed by atoms with Crippen LogP contribution in [0, 0.1) is 11.6 Å². The van der Waals surface area contributed by atoms with Crippen molar-refractivity contribution in [1.29, 1.82) is 0 Å². The summed E-state index contributed by atoms with van der Waals surface area (Å²) in [5, 5.41) is 3.88. The van der Waals surface area contributed by atoms with Gasteiger partial charge in [-0.2, -0.15) is 4.98 Å². The lowest BCUT2D eigenvalue weighted by Crippen LogP contribution is -2.48. The van der Waals surface area contributed by atoms with E-state index in [9.17, 15) is 4.79 Å². The molecule has 0 radical (unpaired) electrons. The molecule has 0 bridgehead atoms. The summed E-state index contributed by atoms with van der Waals surface area (Å²) in [7, 11) is 1.81. The van der Waals surface area contributed by atoms with Gasteiger partial charge in [-0.15, -0.1) is 0 Å². The van der Waals surface area contributed by atoms with Gasteiger partial charge in [0.25, 0.3) is 0 Å². The van der Waals surface area contributed by atoms with Gasteiger partial charge in [-0.1, -0.05) is 0 Å². The summed E-state index contributed by atoms with van der Waals surface area (Å²) in [6, 6.07) is 8.26. The maximum atomic E-state index is 15.1. The van der Waals surface area contributed by atoms with Crippen molar-refractivity contribution in [2.75, 3.05) is 58.3 Å². The van der Waals surface area contributed by atoms with Gasteiger partial charge in [-0.25, -0.2) is 13.8 Å². The number of morpholine rings is 1. The molecular weight excluding hydrogens is 518 g/mol. The number of aromatic nitrogens is 4. The second-order valence-electron chi connectivity index (χ2n) is 10.1. The molecule has 0 spiro atoms. The smallest absolute Gasteiger partial charge is 0.236 e. The molecule has 0 saturated carbocycles. The number of halogens is 2. The molecule has 2 fully saturated rings. The van der Waals surface area contributed by atoms with Crippen molar-refractivity contribution >= 4 is 28.6 Å². The normalized spacial score (nSPS) is 17.1. The number of hydrogen-bond donors (Lipinski definition) is 1. The van der Waals surface area contributed by atoms with Crippen molar-refractivity contribution in [3.63, 3.8) is 0 Å². The number of likely N-dealkylation sites (N-methyl/N-ethyl adjacent to an activating group) is 1. The molecule has 10 nitrogen and oxygen atoms in total. The third-order valence-corrected chi connectivity index (χ3v) is 7.32. The number of nitrogens with one attached hydrogen (secondary N) is 1. The summed E-state index contributed by atoms with van der Waals surface area (Å²) < 4.78 is 37.1. The first kappa shape index (κ1) is 26.2. The number of benzene rings is 1. The topological polar surface area (TPSA) is 91.7 Å². The molecule has 2 saturated heterocycles. The molecule has 5 heterocycles. The number of rotatable bonds is 7. The van der Waals surface area contributed by atoms with E-state index in [1.165, 1.54) is 12.1 Å². The lowest BCUT2D eigenvalue weighted by molar-refractivity contribution is -0.134. The fourth-order valence-electron chi connectivity index (χ4n) is 4.94. The predicted molar refractivity (Wildman–Crippen MR) is 145 cm³/mol. The van der Waals surface area contributed by atoms with Crippen molar-refractivity contribution in [2.24, 2.45) is 0 Å². The van der Waals surface area contributed by atoms with Gasteiger partial charge in [-0.3, -0.25) is 19.6 Å². The average molecular weight is 549 g/mol. The van der Waals surface area contributed by atoms with E-state index >= 15 is 8.78 Å². The molecule has 1 aromatic carbocycles. The Morgan fingerprint density at radius 3 is 2.48 bits per heavy atom. The number of carbonyl (C=O) groups excluding carboxylic acids is 1. The summed E-state index contributed by atoms with van der Waals surface area (Å²) in [5.41, 5.74) is 2.46. The Hall–Kier alpha value is -4.00. The van der Waals surface area contributed by atoms with Gasteiger partial charge in [0, 0.05) is 69.7 Å². The Morgan fingerprint density at radius 1 is 0.950 bits per heavy atom. The third-order valence-electron chi connectivity index (χ3n) is 7.32. The SMILES string of the molecule is CN1CCN(Cc2ccc(Nc3ncc4ccn(-c5cc(F)c(CN6CCOCC6)c(F)c5)c4n3)cn2)CC1=O. The fourth-order valence-corrected chi connectivity index (χ4v) is 4.94. The molecule has 12 heteroatoms. The molecule has 0 aliphatic carbocycles. The first-order chi connectivity index (χ1) is 19.4. The van der Waals surface area contributed by atoms with Crippen LogP contribution in [-0.2, 0) is 22.6 Å². The van der Waals surface area contributed by atoms with Crippen LogP contribution in [0.15, 0.2) is 48.9 Å². The molecule has 2 aliphatic rings. The number of carbonyl (C=O) groups is 1. The van der Waals surface area contributed by atoms with E-state index in [1.807, 2.05) is 24.1 Å². The zero-order chi connectivity index (χ0) is 27.6. The molecule has 208 valence electrons. The van der Waals surface area contributed by atoms with Crippen LogP contribution in [0.25, 0.3) is 16.7 Å². The molecule has 40 heavy (non-hydrogen) atoms. The molecule has 0 atom stereocenters. The minimum absolute atomic E-state index is 0.0502. The van der Waals surface area contributed by atoms with E-state index in [1.54, 1.807) is 34.1 Å². The van der Waals surface area contributed by atoms with Crippen molar-refractivity contribution in [2.45, 2.75) is 13.1 Å². The molecule has 0 unspecified atom stereocenters. The fraction of sp³-hybridized carbons (Fsp3) is 0.357. The second kappa shape index (κ2) is 11.2. The second-order valence-corrected chi connectivity index (χ2v) is 10.1. The van der Waals surface area contributed by atoms with Gasteiger partial charge >= 0.3 is 0 Å². The zero-order valence-corrected chi connectivity index (χ0v) is 22.2. The lowest BCUT2D eigenvalue weighted by atomic mass is 10.1. The van der Waals surface area contributed by atoms with Crippen LogP contribution in [0.3, 0.4) is 0 Å². The van der Waals surface area contributed by atoms with Crippen LogP contribution in [0.5, 0.6) is 0 Å². The van der Waals surface area contributed by atoms with E-state index in [-0.39, 0.29) is 18.0 Å². The zero-order valence-electron chi connectivity index (χ0n) is 22.2. The molecular formula is C28H30F2N8O2. The highest BCUT2D eigenvalue weighted by Gasteiger charge is 2.21. The van der Waals surface area contributed by atoms with E-state index in [0.717, 1.165) is 17.6 Å². The monoisotopic (exact) mass is 548 g/mol. The highest BCUT2D eigenvalue weighted by molar-refractivity contribution is 5.79. The van der Waals surface area contributed by atoms with Crippen LogP contribution >= 0.6 is 0 Å². The summed E-state index contributed by atoms with van der Waals surface area (Å²) in [4.78, 5) is 31.3. The lowest BCUT2D eigenvalue weighted by Gasteiger charge is -2.31. The Labute approximate surface area is 230 Å². The summed E-state index contributed by atoms with van der Waals surface area (Å²) >= 11 is 0. The summed E-state index contributed by atoms with van der Waals surface area (Å²) in [6.45, 7) is 5.10. The summed E-state index contributed by atoms with van der Waals surface area (Å²) in [6.07, 6.45) is 5.07. The van der Waals surface area contributed by atoms with Crippen LogP contribution in [0.1, 0.15) is 11.3 Å². The maximum Gasteiger partial charge on any atom is 0.236 e. The van der Waals surface area contributed by atoms with Gasteiger partial charge in [0.15, 0.2) is 0 Å². The molecule has 6 rings (SSSR count). The van der Waals surface area contributed by atoms with E-state index in [4.69, 9.17) is 4.74 Å². The highest BCUT2D eigenvalue weighted by atomic mass is 19.1. The quantitative estimate of drug-likeness (QED) is 0.377. The first-order valence-corrected chi connectivity index (χ1v) is 13.2. The number of pyridine rings is 1. The van der Waals surface area contributed by atoms with Gasteiger partial charge in [0.2, 0.25) is 11.9 Å². The maximum absolute atomic E-state index is 15.1. The minimum atomic E-state index is -0.595. The van der Waals surface area contributed by atoms with Gasteiger partial charge in [-0.05, 0) is 30.3 Å². The van der Waals surface area contributed by atoms with Gasteiger partial charge < -0.3 is 19.5 Å². The minimum Gasteiger partial charge on any atom is -0.379 e. The number of hydrogen-bond acceptors (Lipinski definition) is 8. The molecule has 4 aromatic rings. The Balaban J connectivity index is 1.17. The number of amides is 1. The van der Waals surface area contributed by atoms with Crippen LogP contribution in [-0.4, -0.2) is 93.1 Å². The Bertz CT molecular complexity index is 1500. The predicted octanol–water partition coefficient (Wildman–Crippen LogP) is 2.94. The van der Waals surface area contributed by atoms with Gasteiger partial charge in [0.05, 0.1) is 43.0 Å². The standard InChI is InChI=1S/C28H30F2N8O2/c1-35-6-7-37(18-26(35)39)16-21-3-2-20(15-31-21)33-28-32-14-19-4-5-38(27(19)34-28)22-12-24(29)23(25(30)13-22)17-36-8-10-40-11-9-36/h2-5,12-15H,6-11,16-18H2,1H3,(H,32,33,34). The van der Waals surface area contributed by atoms with Gasteiger partial charge in [0.1, 0.15) is 17.3 Å². The average Bonchev–Trinajstić information content (AvgIpc) is 3.38. The number of piperazine rings is 1. The van der Waals surface area contributed by atoms with Crippen molar-refractivity contribution < 1.29 is 18.3 Å². The largest absolute Gasteiger partial charge is 0.379 e. The Kier molecular flexibility index (Phi) is 7.37. The molecule has 1 amide bonds. The van der Waals surface area contributed by atoms with Crippen LogP contribution in [0.2, 0.25) is 0 Å². The van der Waals surface area contributed by atoms with Crippen molar-refractivity contribution in [3.8, 4) is 5.69 Å². The van der Waals surface area contributed by atoms with Crippen molar-refractivity contribution in [3.05, 3.63) is 71.8 Å². The first-order valence-electron chi connectivity index (χ1n) is 13.2. The highest BCUT2D eigenvalue weighted by Crippen LogP contribution is 2.25. The third kappa shape index (κ3) is 5.64. The number of anilines is 2. The van der Waals surface area contributed by atoms with E-state index < -0.39 is 11.6 Å². The van der Waals surface area contributed by atoms with Crippen molar-refractivity contribution in [1.82, 2.24) is 34.2 Å². The van der Waals surface area contributed by atoms with Crippen LogP contribution in [0.4, 0.5) is 20.4 Å².